The molecule has 0 spiro atoms. The van der Waals surface area contributed by atoms with Crippen LogP contribution in [0.15, 0.2) is 12.2 Å². The van der Waals surface area contributed by atoms with Crippen molar-refractivity contribution in [2.75, 3.05) is 6.61 Å². The predicted octanol–water partition coefficient (Wildman–Crippen LogP) is 16.2. The molecule has 0 aromatic carbocycles. The van der Waals surface area contributed by atoms with Gasteiger partial charge in [-0.2, -0.15) is 0 Å². The fraction of sp³-hybridized carbons (Fsp3) is 0.941. The maximum atomic E-state index is 12.4. The summed E-state index contributed by atoms with van der Waals surface area (Å²) in [5.41, 5.74) is 0. The second kappa shape index (κ2) is 47.5. The van der Waals surface area contributed by atoms with Crippen molar-refractivity contribution in [1.29, 1.82) is 0 Å². The number of carbonyl (C=O) groups is 1. The molecule has 0 aromatic heterocycles. The molecule has 328 valence electrons. The molecule has 1 amide bonds. The molecule has 0 aliphatic rings. The minimum Gasteiger partial charge on any atom is -0.394 e. The Morgan fingerprint density at radius 1 is 0.418 bits per heavy atom. The fourth-order valence-electron chi connectivity index (χ4n) is 8.12. The zero-order chi connectivity index (χ0) is 40.0. The lowest BCUT2D eigenvalue weighted by molar-refractivity contribution is -0.123. The first-order valence-corrected chi connectivity index (χ1v) is 25.4. The van der Waals surface area contributed by atoms with Gasteiger partial charge in [-0.25, -0.2) is 0 Å². The molecule has 3 N–H and O–H groups in total. The van der Waals surface area contributed by atoms with E-state index in [1.165, 1.54) is 238 Å². The summed E-state index contributed by atoms with van der Waals surface area (Å²) in [5.74, 6) is -0.0266. The Bertz CT molecular complexity index is 754. The number of aliphatic hydroxyl groups excluding tert-OH is 2. The Labute approximate surface area is 346 Å². The van der Waals surface area contributed by atoms with Gasteiger partial charge >= 0.3 is 0 Å². The predicted molar refractivity (Wildman–Crippen MR) is 244 cm³/mol. The molecule has 0 heterocycles. The number of amides is 1. The first-order chi connectivity index (χ1) is 27.2. The first kappa shape index (κ1) is 54.1. The lowest BCUT2D eigenvalue weighted by Crippen LogP contribution is -2.45. The molecule has 0 aliphatic carbocycles. The number of nitrogens with one attached hydrogen (secondary N) is 1. The van der Waals surface area contributed by atoms with Crippen molar-refractivity contribution in [2.24, 2.45) is 0 Å². The van der Waals surface area contributed by atoms with Crippen LogP contribution in [0.3, 0.4) is 0 Å². The van der Waals surface area contributed by atoms with Crippen LogP contribution >= 0.6 is 0 Å². The van der Waals surface area contributed by atoms with Crippen LogP contribution in [0.1, 0.15) is 290 Å². The van der Waals surface area contributed by atoms with Crippen molar-refractivity contribution >= 4 is 5.91 Å². The maximum absolute atomic E-state index is 12.4. The Balaban J connectivity index is 3.38. The van der Waals surface area contributed by atoms with E-state index in [2.05, 4.69) is 31.3 Å². The van der Waals surface area contributed by atoms with Gasteiger partial charge in [0.05, 0.1) is 18.8 Å². The van der Waals surface area contributed by atoms with Crippen molar-refractivity contribution in [2.45, 2.75) is 302 Å². The second-order valence-corrected chi connectivity index (χ2v) is 17.6. The summed E-state index contributed by atoms with van der Waals surface area (Å²) < 4.78 is 0. The number of allylic oxidation sites excluding steroid dienone is 2. The highest BCUT2D eigenvalue weighted by Gasteiger charge is 2.20. The third-order valence-electron chi connectivity index (χ3n) is 12.0. The number of hydrogen-bond donors (Lipinski definition) is 3. The topological polar surface area (TPSA) is 69.6 Å². The van der Waals surface area contributed by atoms with Gasteiger partial charge < -0.3 is 15.5 Å². The highest BCUT2D eigenvalue weighted by Crippen LogP contribution is 2.17. The van der Waals surface area contributed by atoms with Gasteiger partial charge in [0.1, 0.15) is 0 Å². The van der Waals surface area contributed by atoms with E-state index in [1.54, 1.807) is 0 Å². The van der Waals surface area contributed by atoms with Gasteiger partial charge in [-0.3, -0.25) is 4.79 Å². The van der Waals surface area contributed by atoms with Crippen molar-refractivity contribution in [1.82, 2.24) is 5.32 Å². The van der Waals surface area contributed by atoms with Gasteiger partial charge in [-0.15, -0.1) is 0 Å². The maximum Gasteiger partial charge on any atom is 0.220 e. The average Bonchev–Trinajstić information content (AvgIpc) is 3.19. The fourth-order valence-corrected chi connectivity index (χ4v) is 8.12. The molecule has 0 bridgehead atoms. The van der Waals surface area contributed by atoms with E-state index in [4.69, 9.17) is 0 Å². The molecular weight excluding hydrogens is 675 g/mol. The number of unbranched alkanes of at least 4 members (excludes halogenated alkanes) is 38. The molecule has 2 atom stereocenters. The monoisotopic (exact) mass is 776 g/mol. The SMILES string of the molecule is CCCCCCCCCC/C=C\CCCCCCCCCCCCCCCCCCCCCC(=O)NC(CO)C(O)CCCCCCCCCCCCCC. The summed E-state index contributed by atoms with van der Waals surface area (Å²) in [6, 6.07) is -0.531. The summed E-state index contributed by atoms with van der Waals surface area (Å²) in [4.78, 5) is 12.4. The van der Waals surface area contributed by atoms with Gasteiger partial charge in [-0.05, 0) is 38.5 Å². The Morgan fingerprint density at radius 2 is 0.691 bits per heavy atom. The normalized spacial score (nSPS) is 12.9. The number of rotatable bonds is 47. The molecule has 0 saturated heterocycles. The van der Waals surface area contributed by atoms with E-state index in [-0.39, 0.29) is 12.5 Å². The molecule has 0 aliphatic heterocycles. The Hall–Kier alpha value is -0.870. The summed E-state index contributed by atoms with van der Waals surface area (Å²) in [6.45, 7) is 4.37. The third-order valence-corrected chi connectivity index (χ3v) is 12.0. The smallest absolute Gasteiger partial charge is 0.220 e. The standard InChI is InChI=1S/C51H101NO3/c1-3-5-7-9-11-13-15-17-18-19-20-21-22-23-24-25-26-27-28-29-30-31-32-33-34-35-37-39-41-43-45-47-51(55)52-49(48-53)50(54)46-44-42-40-38-36-16-14-12-10-8-6-4-2/h19-20,49-50,53-54H,3-18,21-48H2,1-2H3,(H,52,55)/b20-19-. The largest absolute Gasteiger partial charge is 0.394 e. The van der Waals surface area contributed by atoms with Crippen LogP contribution in [0.4, 0.5) is 0 Å². The molecule has 2 unspecified atom stereocenters. The minimum absolute atomic E-state index is 0.0266. The quantitative estimate of drug-likeness (QED) is 0.0426. The highest BCUT2D eigenvalue weighted by atomic mass is 16.3. The van der Waals surface area contributed by atoms with Gasteiger partial charge in [0.2, 0.25) is 5.91 Å². The van der Waals surface area contributed by atoms with E-state index >= 15 is 0 Å². The van der Waals surface area contributed by atoms with E-state index in [9.17, 15) is 15.0 Å². The number of aliphatic hydroxyl groups is 2. The van der Waals surface area contributed by atoms with Crippen molar-refractivity contribution in [3.63, 3.8) is 0 Å². The van der Waals surface area contributed by atoms with Gasteiger partial charge in [0.25, 0.3) is 0 Å². The van der Waals surface area contributed by atoms with Crippen molar-refractivity contribution in [3.05, 3.63) is 12.2 Å². The van der Waals surface area contributed by atoms with Crippen LogP contribution in [0.5, 0.6) is 0 Å². The third kappa shape index (κ3) is 44.1. The molecule has 0 fully saturated rings. The van der Waals surface area contributed by atoms with E-state index in [1.807, 2.05) is 0 Å². The summed E-state index contributed by atoms with van der Waals surface area (Å²) in [7, 11) is 0. The van der Waals surface area contributed by atoms with Crippen LogP contribution in [0.25, 0.3) is 0 Å². The Morgan fingerprint density at radius 3 is 1.00 bits per heavy atom. The molecule has 0 rings (SSSR count). The number of hydrogen-bond acceptors (Lipinski definition) is 3. The van der Waals surface area contributed by atoms with Crippen LogP contribution in [-0.4, -0.2) is 34.9 Å². The molecular formula is C51H101NO3. The lowest BCUT2D eigenvalue weighted by atomic mass is 10.0. The summed E-state index contributed by atoms with van der Waals surface area (Å²) >= 11 is 0. The lowest BCUT2D eigenvalue weighted by Gasteiger charge is -2.22. The molecule has 4 heteroatoms. The molecule has 0 saturated carbocycles. The molecule has 0 radical (unpaired) electrons. The summed E-state index contributed by atoms with van der Waals surface area (Å²) in [6.07, 6.45) is 60.4. The van der Waals surface area contributed by atoms with E-state index in [0.717, 1.165) is 25.7 Å². The van der Waals surface area contributed by atoms with Gasteiger partial charge in [0.15, 0.2) is 0 Å². The summed E-state index contributed by atoms with van der Waals surface area (Å²) in [5, 5.41) is 23.2. The average molecular weight is 776 g/mol. The Kier molecular flexibility index (Phi) is 46.8. The van der Waals surface area contributed by atoms with Crippen LogP contribution < -0.4 is 5.32 Å². The molecule has 4 nitrogen and oxygen atoms in total. The number of carbonyl (C=O) groups excluding carboxylic acids is 1. The van der Waals surface area contributed by atoms with Crippen LogP contribution in [0, 0.1) is 0 Å². The first-order valence-electron chi connectivity index (χ1n) is 25.4. The van der Waals surface area contributed by atoms with Crippen LogP contribution in [-0.2, 0) is 4.79 Å². The van der Waals surface area contributed by atoms with Crippen molar-refractivity contribution < 1.29 is 15.0 Å². The van der Waals surface area contributed by atoms with Gasteiger partial charge in [0, 0.05) is 6.42 Å². The molecule has 0 aromatic rings. The second-order valence-electron chi connectivity index (χ2n) is 17.6. The highest BCUT2D eigenvalue weighted by molar-refractivity contribution is 5.76. The van der Waals surface area contributed by atoms with Gasteiger partial charge in [-0.1, -0.05) is 257 Å². The van der Waals surface area contributed by atoms with E-state index in [0.29, 0.717) is 12.8 Å². The van der Waals surface area contributed by atoms with Crippen molar-refractivity contribution in [3.8, 4) is 0 Å². The van der Waals surface area contributed by atoms with E-state index < -0.39 is 12.1 Å². The van der Waals surface area contributed by atoms with Crippen LogP contribution in [0.2, 0.25) is 0 Å². The minimum atomic E-state index is -0.654. The zero-order valence-corrected chi connectivity index (χ0v) is 37.7. The zero-order valence-electron chi connectivity index (χ0n) is 37.7. The molecule has 55 heavy (non-hydrogen) atoms.